The number of hydrogen-bond acceptors (Lipinski definition) is 2. The molecule has 1 rings (SSSR count). The van der Waals surface area contributed by atoms with Gasteiger partial charge in [-0.05, 0) is 29.9 Å². The fraction of sp³-hybridized carbons (Fsp3) is 0.611. The van der Waals surface area contributed by atoms with E-state index in [-0.39, 0.29) is 42.6 Å². The first kappa shape index (κ1) is 23.1. The number of halogens is 2. The molecule has 0 aromatic heterocycles. The van der Waals surface area contributed by atoms with Crippen molar-refractivity contribution in [3.8, 4) is 0 Å². The van der Waals surface area contributed by atoms with Crippen LogP contribution < -0.4 is 10.6 Å². The largest absolute Gasteiger partial charge is 0.386 e. The standard InChI is InChI=1S/C18H30FN3O.HI/c1-5-20-17(21-12-6-11-19)22-13-16(23)14-7-9-15(10-8-14)18(2,3)4;/h7-10,16,23H,5-6,11-13H2,1-4H3,(H2,20,21,22);1H. The molecule has 4 nitrogen and oxygen atoms in total. The number of benzene rings is 1. The minimum atomic E-state index is -0.652. The molecule has 3 N–H and O–H groups in total. The molecule has 0 saturated carbocycles. The van der Waals surface area contributed by atoms with Gasteiger partial charge in [0.15, 0.2) is 5.96 Å². The Morgan fingerprint density at radius 2 is 1.83 bits per heavy atom. The SMILES string of the molecule is CCNC(=NCC(O)c1ccc(C(C)(C)C)cc1)NCCCF.I. The van der Waals surface area contributed by atoms with Crippen LogP contribution in [0.4, 0.5) is 4.39 Å². The molecule has 0 fully saturated rings. The van der Waals surface area contributed by atoms with Crippen LogP contribution in [0, 0.1) is 0 Å². The normalized spacial score (nSPS) is 13.2. The summed E-state index contributed by atoms with van der Waals surface area (Å²) in [5.74, 6) is 0.603. The van der Waals surface area contributed by atoms with E-state index in [1.54, 1.807) is 0 Å². The van der Waals surface area contributed by atoms with Gasteiger partial charge in [0.1, 0.15) is 0 Å². The van der Waals surface area contributed by atoms with Gasteiger partial charge in [0.05, 0.1) is 19.3 Å². The Morgan fingerprint density at radius 3 is 2.33 bits per heavy atom. The zero-order valence-electron chi connectivity index (χ0n) is 15.1. The summed E-state index contributed by atoms with van der Waals surface area (Å²) in [6, 6.07) is 7.99. The van der Waals surface area contributed by atoms with Gasteiger partial charge in [-0.1, -0.05) is 45.0 Å². The summed E-state index contributed by atoms with van der Waals surface area (Å²) in [5, 5.41) is 16.4. The predicted octanol–water partition coefficient (Wildman–Crippen LogP) is 3.55. The summed E-state index contributed by atoms with van der Waals surface area (Å²) < 4.78 is 12.1. The van der Waals surface area contributed by atoms with E-state index >= 15 is 0 Å². The maximum absolute atomic E-state index is 12.1. The second-order valence-corrected chi connectivity index (χ2v) is 6.58. The Labute approximate surface area is 162 Å². The van der Waals surface area contributed by atoms with Gasteiger partial charge in [-0.15, -0.1) is 24.0 Å². The molecule has 1 atom stereocenters. The van der Waals surface area contributed by atoms with Crippen molar-refractivity contribution >= 4 is 29.9 Å². The molecule has 0 amide bonds. The number of aliphatic hydroxyl groups excluding tert-OH is 1. The topological polar surface area (TPSA) is 56.7 Å². The number of alkyl halides is 1. The first-order chi connectivity index (χ1) is 10.9. The highest BCUT2D eigenvalue weighted by Crippen LogP contribution is 2.24. The number of hydrogen-bond donors (Lipinski definition) is 3. The van der Waals surface area contributed by atoms with Crippen molar-refractivity contribution in [2.45, 2.75) is 45.6 Å². The van der Waals surface area contributed by atoms with Crippen molar-refractivity contribution in [1.29, 1.82) is 0 Å². The van der Waals surface area contributed by atoms with E-state index in [1.165, 1.54) is 5.56 Å². The van der Waals surface area contributed by atoms with Gasteiger partial charge in [0.25, 0.3) is 0 Å². The van der Waals surface area contributed by atoms with Crippen LogP contribution in [0.25, 0.3) is 0 Å². The van der Waals surface area contributed by atoms with Gasteiger partial charge < -0.3 is 15.7 Å². The van der Waals surface area contributed by atoms with E-state index in [4.69, 9.17) is 0 Å². The maximum Gasteiger partial charge on any atom is 0.191 e. The van der Waals surface area contributed by atoms with Crippen LogP contribution in [0.1, 0.15) is 51.3 Å². The van der Waals surface area contributed by atoms with Gasteiger partial charge in [-0.25, -0.2) is 0 Å². The van der Waals surface area contributed by atoms with Crippen molar-refractivity contribution in [3.05, 3.63) is 35.4 Å². The smallest absolute Gasteiger partial charge is 0.191 e. The zero-order chi connectivity index (χ0) is 17.3. The molecular formula is C18H31FIN3O. The molecule has 6 heteroatoms. The molecule has 0 radical (unpaired) electrons. The van der Waals surface area contributed by atoms with E-state index < -0.39 is 6.10 Å². The molecule has 0 aliphatic rings. The molecule has 138 valence electrons. The van der Waals surface area contributed by atoms with Crippen molar-refractivity contribution < 1.29 is 9.50 Å². The number of nitrogens with zero attached hydrogens (tertiary/aromatic N) is 1. The van der Waals surface area contributed by atoms with Crippen molar-refractivity contribution in [2.75, 3.05) is 26.3 Å². The highest BCUT2D eigenvalue weighted by Gasteiger charge is 2.14. The third-order valence-electron chi connectivity index (χ3n) is 3.53. The molecule has 0 heterocycles. The van der Waals surface area contributed by atoms with Gasteiger partial charge in [-0.2, -0.15) is 0 Å². The minimum Gasteiger partial charge on any atom is -0.386 e. The van der Waals surface area contributed by atoms with E-state index in [9.17, 15) is 9.50 Å². The summed E-state index contributed by atoms with van der Waals surface area (Å²) in [7, 11) is 0. The van der Waals surface area contributed by atoms with Crippen molar-refractivity contribution in [1.82, 2.24) is 10.6 Å². The lowest BCUT2D eigenvalue weighted by Crippen LogP contribution is -2.38. The minimum absolute atomic E-state index is 0. The van der Waals surface area contributed by atoms with E-state index in [0.717, 1.165) is 12.1 Å². The molecule has 0 spiro atoms. The second kappa shape index (κ2) is 11.6. The number of aliphatic hydroxyl groups is 1. The van der Waals surface area contributed by atoms with Crippen LogP contribution in [-0.4, -0.2) is 37.4 Å². The lowest BCUT2D eigenvalue weighted by atomic mass is 9.86. The first-order valence-corrected chi connectivity index (χ1v) is 8.25. The zero-order valence-corrected chi connectivity index (χ0v) is 17.4. The van der Waals surface area contributed by atoms with Gasteiger partial charge >= 0.3 is 0 Å². The van der Waals surface area contributed by atoms with Crippen molar-refractivity contribution in [3.63, 3.8) is 0 Å². The fourth-order valence-electron chi connectivity index (χ4n) is 2.10. The Kier molecular flexibility index (Phi) is 11.2. The predicted molar refractivity (Wildman–Crippen MR) is 110 cm³/mol. The first-order valence-electron chi connectivity index (χ1n) is 8.25. The van der Waals surface area contributed by atoms with Crippen LogP contribution in [-0.2, 0) is 5.41 Å². The van der Waals surface area contributed by atoms with Crippen molar-refractivity contribution in [2.24, 2.45) is 4.99 Å². The molecular weight excluding hydrogens is 420 g/mol. The molecule has 0 aliphatic carbocycles. The summed E-state index contributed by atoms with van der Waals surface area (Å²) in [6.07, 6.45) is -0.207. The fourth-order valence-corrected chi connectivity index (χ4v) is 2.10. The third kappa shape index (κ3) is 8.28. The molecule has 0 bridgehead atoms. The second-order valence-electron chi connectivity index (χ2n) is 6.58. The van der Waals surface area contributed by atoms with Crippen LogP contribution in [0.2, 0.25) is 0 Å². The van der Waals surface area contributed by atoms with E-state index in [1.807, 2.05) is 31.2 Å². The monoisotopic (exact) mass is 451 g/mol. The van der Waals surface area contributed by atoms with Crippen LogP contribution >= 0.6 is 24.0 Å². The van der Waals surface area contributed by atoms with Gasteiger partial charge in [0, 0.05) is 13.1 Å². The lowest BCUT2D eigenvalue weighted by molar-refractivity contribution is 0.187. The summed E-state index contributed by atoms with van der Waals surface area (Å²) >= 11 is 0. The Hall–Kier alpha value is -0.890. The Balaban J connectivity index is 0.00000529. The third-order valence-corrected chi connectivity index (χ3v) is 3.53. The average molecular weight is 451 g/mol. The average Bonchev–Trinajstić information content (AvgIpc) is 2.51. The molecule has 1 unspecified atom stereocenters. The maximum atomic E-state index is 12.1. The summed E-state index contributed by atoms with van der Waals surface area (Å²) in [6.45, 7) is 9.61. The molecule has 24 heavy (non-hydrogen) atoms. The molecule has 0 saturated heterocycles. The Bertz CT molecular complexity index is 486. The molecule has 1 aromatic rings. The quantitative estimate of drug-likeness (QED) is 0.257. The number of guanidine groups is 1. The highest BCUT2D eigenvalue weighted by atomic mass is 127. The number of aliphatic imine (C=N–C) groups is 1. The van der Waals surface area contributed by atoms with Gasteiger partial charge in [0.2, 0.25) is 0 Å². The van der Waals surface area contributed by atoms with Crippen LogP contribution in [0.5, 0.6) is 0 Å². The summed E-state index contributed by atoms with van der Waals surface area (Å²) in [5.41, 5.74) is 2.18. The van der Waals surface area contributed by atoms with Crippen LogP contribution in [0.3, 0.4) is 0 Å². The lowest BCUT2D eigenvalue weighted by Gasteiger charge is -2.20. The van der Waals surface area contributed by atoms with E-state index in [0.29, 0.717) is 18.9 Å². The number of rotatable bonds is 7. The highest BCUT2D eigenvalue weighted by molar-refractivity contribution is 14.0. The van der Waals surface area contributed by atoms with E-state index in [2.05, 4.69) is 36.4 Å². The number of nitrogens with one attached hydrogen (secondary N) is 2. The van der Waals surface area contributed by atoms with Crippen LogP contribution in [0.15, 0.2) is 29.3 Å². The molecule has 1 aromatic carbocycles. The Morgan fingerprint density at radius 1 is 1.21 bits per heavy atom. The summed E-state index contributed by atoms with van der Waals surface area (Å²) in [4.78, 5) is 4.35. The molecule has 0 aliphatic heterocycles. The van der Waals surface area contributed by atoms with Gasteiger partial charge in [-0.3, -0.25) is 9.38 Å².